The van der Waals surface area contributed by atoms with Gasteiger partial charge in [0.25, 0.3) is 0 Å². The molecule has 0 saturated carbocycles. The molecule has 4 rings (SSSR count). The molecule has 32 heavy (non-hydrogen) atoms. The van der Waals surface area contributed by atoms with Crippen LogP contribution in [0, 0.1) is 0 Å². The topological polar surface area (TPSA) is 76.0 Å². The number of aryl methyl sites for hydroxylation is 1. The molecule has 0 spiro atoms. The number of nitrogens with zero attached hydrogens (tertiary/aromatic N) is 2. The number of carbonyl (C=O) groups is 2. The maximum Gasteiger partial charge on any atom is 0.226 e. The van der Waals surface area contributed by atoms with E-state index in [0.29, 0.717) is 10.7 Å². The van der Waals surface area contributed by atoms with Crippen LogP contribution in [0.5, 0.6) is 0 Å². The molecule has 7 heteroatoms. The molecule has 0 radical (unpaired) electrons. The van der Waals surface area contributed by atoms with Crippen molar-refractivity contribution in [2.45, 2.75) is 19.4 Å². The summed E-state index contributed by atoms with van der Waals surface area (Å²) in [6, 6.07) is 22.2. The molecule has 0 aliphatic heterocycles. The number of imidazole rings is 1. The number of anilines is 1. The number of amides is 2. The molecule has 3 aromatic carbocycles. The summed E-state index contributed by atoms with van der Waals surface area (Å²) in [5.41, 5.74) is 4.45. The van der Waals surface area contributed by atoms with E-state index in [1.165, 1.54) is 6.92 Å². The molecule has 1 atom stereocenters. The molecule has 0 aliphatic rings. The van der Waals surface area contributed by atoms with E-state index in [1.54, 1.807) is 12.1 Å². The summed E-state index contributed by atoms with van der Waals surface area (Å²) in [7, 11) is 1.99. The Balaban J connectivity index is 1.47. The minimum atomic E-state index is -0.441. The summed E-state index contributed by atoms with van der Waals surface area (Å²) >= 11 is 5.95. The second kappa shape index (κ2) is 9.24. The number of para-hydroxylation sites is 2. The maximum absolute atomic E-state index is 12.7. The van der Waals surface area contributed by atoms with Gasteiger partial charge in [-0.1, -0.05) is 35.9 Å². The molecule has 0 saturated heterocycles. The van der Waals surface area contributed by atoms with E-state index in [9.17, 15) is 9.59 Å². The average molecular weight is 447 g/mol. The number of rotatable bonds is 6. The van der Waals surface area contributed by atoms with Crippen molar-refractivity contribution in [2.75, 3.05) is 5.32 Å². The minimum absolute atomic E-state index is 0.105. The molecule has 6 nitrogen and oxygen atoms in total. The van der Waals surface area contributed by atoms with Gasteiger partial charge in [-0.15, -0.1) is 0 Å². The summed E-state index contributed by atoms with van der Waals surface area (Å²) < 4.78 is 2.05. The van der Waals surface area contributed by atoms with Gasteiger partial charge >= 0.3 is 0 Å². The second-order valence-corrected chi connectivity index (χ2v) is 8.05. The average Bonchev–Trinajstić information content (AvgIpc) is 3.11. The Kier molecular flexibility index (Phi) is 6.23. The number of nitrogens with one attached hydrogen (secondary N) is 2. The van der Waals surface area contributed by atoms with Gasteiger partial charge in [0, 0.05) is 30.2 Å². The molecule has 2 amide bonds. The fraction of sp³-hybridized carbons (Fsp3) is 0.160. The summed E-state index contributed by atoms with van der Waals surface area (Å²) in [6.07, 6.45) is 0.105. The lowest BCUT2D eigenvalue weighted by atomic mass is 10.0. The third-order valence-electron chi connectivity index (χ3n) is 5.25. The van der Waals surface area contributed by atoms with Crippen molar-refractivity contribution >= 4 is 40.1 Å². The van der Waals surface area contributed by atoms with Crippen molar-refractivity contribution in [1.82, 2.24) is 14.9 Å². The Hall–Kier alpha value is -3.64. The second-order valence-electron chi connectivity index (χ2n) is 7.62. The largest absolute Gasteiger partial charge is 0.349 e. The highest BCUT2D eigenvalue weighted by atomic mass is 35.5. The van der Waals surface area contributed by atoms with Crippen molar-refractivity contribution in [3.05, 3.63) is 83.4 Å². The number of carbonyl (C=O) groups excluding carboxylic acids is 2. The predicted octanol–water partition coefficient (Wildman–Crippen LogP) is 5.10. The van der Waals surface area contributed by atoms with Gasteiger partial charge in [0.15, 0.2) is 0 Å². The molecule has 1 unspecified atom stereocenters. The smallest absolute Gasteiger partial charge is 0.226 e. The Morgan fingerprint density at radius 1 is 1.00 bits per heavy atom. The fourth-order valence-corrected chi connectivity index (χ4v) is 3.82. The van der Waals surface area contributed by atoms with Gasteiger partial charge in [-0.05, 0) is 54.1 Å². The highest BCUT2D eigenvalue weighted by Crippen LogP contribution is 2.25. The third kappa shape index (κ3) is 4.81. The van der Waals surface area contributed by atoms with Crippen LogP contribution < -0.4 is 10.6 Å². The van der Waals surface area contributed by atoms with Crippen LogP contribution in [0.2, 0.25) is 5.02 Å². The van der Waals surface area contributed by atoms with Crippen molar-refractivity contribution in [3.63, 3.8) is 0 Å². The van der Waals surface area contributed by atoms with Crippen molar-refractivity contribution in [3.8, 4) is 11.4 Å². The van der Waals surface area contributed by atoms with Gasteiger partial charge in [0.05, 0.1) is 23.5 Å². The van der Waals surface area contributed by atoms with Gasteiger partial charge in [0.1, 0.15) is 5.82 Å². The Morgan fingerprint density at radius 3 is 2.34 bits per heavy atom. The monoisotopic (exact) mass is 446 g/mol. The number of aromatic nitrogens is 2. The van der Waals surface area contributed by atoms with Crippen molar-refractivity contribution in [1.29, 1.82) is 0 Å². The molecule has 4 aromatic rings. The van der Waals surface area contributed by atoms with Crippen LogP contribution in [-0.4, -0.2) is 21.4 Å². The van der Waals surface area contributed by atoms with Crippen molar-refractivity contribution < 1.29 is 9.59 Å². The van der Waals surface area contributed by atoms with E-state index in [4.69, 9.17) is 16.6 Å². The Morgan fingerprint density at radius 2 is 1.69 bits per heavy atom. The van der Waals surface area contributed by atoms with Crippen LogP contribution in [0.4, 0.5) is 5.69 Å². The normalized spacial score (nSPS) is 11.8. The standard InChI is InChI=1S/C25H23ClN4O2/c1-16(31)27-22(17-7-11-19(26)12-8-17)15-24(32)28-20-13-9-18(10-14-20)25-29-21-5-3-4-6-23(21)30(25)2/h3-14,22H,15H2,1-2H3,(H,27,31)(H,28,32). The lowest BCUT2D eigenvalue weighted by molar-refractivity contribution is -0.120. The number of fused-ring (bicyclic) bond motifs is 1. The quantitative estimate of drug-likeness (QED) is 0.432. The van der Waals surface area contributed by atoms with Crippen LogP contribution >= 0.6 is 11.6 Å². The van der Waals surface area contributed by atoms with Crippen molar-refractivity contribution in [2.24, 2.45) is 7.05 Å². The number of halogens is 1. The SMILES string of the molecule is CC(=O)NC(CC(=O)Nc1ccc(-c2nc3ccccc3n2C)cc1)c1ccc(Cl)cc1. The third-order valence-corrected chi connectivity index (χ3v) is 5.51. The van der Waals surface area contributed by atoms with E-state index < -0.39 is 6.04 Å². The van der Waals surface area contributed by atoms with Gasteiger partial charge in [-0.25, -0.2) is 4.98 Å². The molecule has 1 aromatic heterocycles. The van der Waals surface area contributed by atoms with Crippen LogP contribution in [-0.2, 0) is 16.6 Å². The first kappa shape index (κ1) is 21.6. The minimum Gasteiger partial charge on any atom is -0.349 e. The van der Waals surface area contributed by atoms with Gasteiger partial charge in [-0.2, -0.15) is 0 Å². The summed E-state index contributed by atoms with van der Waals surface area (Å²) in [4.78, 5) is 29.0. The van der Waals surface area contributed by atoms with Crippen LogP contribution in [0.1, 0.15) is 24.9 Å². The van der Waals surface area contributed by atoms with E-state index in [2.05, 4.69) is 10.6 Å². The van der Waals surface area contributed by atoms with Crippen LogP contribution in [0.25, 0.3) is 22.4 Å². The Bertz CT molecular complexity index is 1260. The lowest BCUT2D eigenvalue weighted by Gasteiger charge is -2.18. The van der Waals surface area contributed by atoms with E-state index in [-0.39, 0.29) is 18.2 Å². The van der Waals surface area contributed by atoms with Gasteiger partial charge < -0.3 is 15.2 Å². The molecule has 0 fully saturated rings. The molecule has 162 valence electrons. The molecule has 0 bridgehead atoms. The fourth-order valence-electron chi connectivity index (χ4n) is 3.70. The zero-order valence-electron chi connectivity index (χ0n) is 17.8. The highest BCUT2D eigenvalue weighted by Gasteiger charge is 2.17. The van der Waals surface area contributed by atoms with Gasteiger partial charge in [0.2, 0.25) is 11.8 Å². The zero-order valence-corrected chi connectivity index (χ0v) is 18.6. The molecule has 1 heterocycles. The maximum atomic E-state index is 12.7. The summed E-state index contributed by atoms with van der Waals surface area (Å²) in [6.45, 7) is 1.43. The van der Waals surface area contributed by atoms with Crippen LogP contribution in [0.3, 0.4) is 0 Å². The zero-order chi connectivity index (χ0) is 22.7. The molecular formula is C25H23ClN4O2. The molecule has 2 N–H and O–H groups in total. The van der Waals surface area contributed by atoms with E-state index in [0.717, 1.165) is 28.0 Å². The lowest BCUT2D eigenvalue weighted by Crippen LogP contribution is -2.29. The highest BCUT2D eigenvalue weighted by molar-refractivity contribution is 6.30. The number of benzene rings is 3. The summed E-state index contributed by atoms with van der Waals surface area (Å²) in [5.74, 6) is 0.455. The van der Waals surface area contributed by atoms with Gasteiger partial charge in [-0.3, -0.25) is 9.59 Å². The Labute approximate surface area is 191 Å². The first-order valence-corrected chi connectivity index (χ1v) is 10.6. The number of hydrogen-bond acceptors (Lipinski definition) is 3. The first-order chi connectivity index (χ1) is 15.4. The first-order valence-electron chi connectivity index (χ1n) is 10.2. The van der Waals surface area contributed by atoms with E-state index >= 15 is 0 Å². The van der Waals surface area contributed by atoms with E-state index in [1.807, 2.05) is 72.3 Å². The van der Waals surface area contributed by atoms with Crippen LogP contribution in [0.15, 0.2) is 72.8 Å². The summed E-state index contributed by atoms with van der Waals surface area (Å²) in [5, 5.41) is 6.33. The molecule has 0 aliphatic carbocycles. The predicted molar refractivity (Wildman–Crippen MR) is 127 cm³/mol. The molecular weight excluding hydrogens is 424 g/mol. The number of hydrogen-bond donors (Lipinski definition) is 2.